The standard InChI is InChI=1S/C28H29ClN2O4S/c29-23-10-13-25(14-11-23)36(34,35)31-24-12-15-27-22(18-24)9-8-21(17-20-5-4-16-30-19-20)26(27)6-2-1-3-7-28(32)33/h2,4-6,8-11,13-14,16,19,24,31H,1,3,7,12,15,17-18H2,(H,32,33)/b6-2+. The Labute approximate surface area is 217 Å². The van der Waals surface area contributed by atoms with Gasteiger partial charge in [0, 0.05) is 29.9 Å². The Morgan fingerprint density at radius 3 is 2.69 bits per heavy atom. The van der Waals surface area contributed by atoms with E-state index in [9.17, 15) is 13.2 Å². The first-order valence-electron chi connectivity index (χ1n) is 12.0. The first kappa shape index (κ1) is 26.1. The number of carboxylic acids is 1. The number of sulfonamides is 1. The van der Waals surface area contributed by atoms with Crippen molar-refractivity contribution >= 4 is 33.7 Å². The number of carbonyl (C=O) groups is 1. The number of fused-ring (bicyclic) bond motifs is 1. The molecule has 0 aliphatic heterocycles. The minimum Gasteiger partial charge on any atom is -0.481 e. The zero-order chi connectivity index (χ0) is 25.5. The average Bonchev–Trinajstić information content (AvgIpc) is 2.85. The Kier molecular flexibility index (Phi) is 8.56. The fraction of sp³-hybridized carbons (Fsp3) is 0.286. The molecular weight excluding hydrogens is 496 g/mol. The molecule has 4 rings (SSSR count). The van der Waals surface area contributed by atoms with Crippen LogP contribution < -0.4 is 4.72 Å². The first-order chi connectivity index (χ1) is 17.3. The van der Waals surface area contributed by atoms with Gasteiger partial charge in [-0.2, -0.15) is 0 Å². The van der Waals surface area contributed by atoms with E-state index in [4.69, 9.17) is 16.7 Å². The molecule has 2 N–H and O–H groups in total. The number of nitrogens with one attached hydrogen (secondary N) is 1. The molecule has 0 saturated heterocycles. The van der Waals surface area contributed by atoms with Crippen LogP contribution in [0.1, 0.15) is 53.5 Å². The van der Waals surface area contributed by atoms with E-state index < -0.39 is 16.0 Å². The van der Waals surface area contributed by atoms with Gasteiger partial charge in [-0.1, -0.05) is 42.0 Å². The van der Waals surface area contributed by atoms with E-state index in [2.05, 4.69) is 27.9 Å². The van der Waals surface area contributed by atoms with Gasteiger partial charge >= 0.3 is 5.97 Å². The van der Waals surface area contributed by atoms with Gasteiger partial charge in [0.05, 0.1) is 4.90 Å². The van der Waals surface area contributed by atoms with Crippen LogP contribution in [-0.2, 0) is 34.1 Å². The van der Waals surface area contributed by atoms with Gasteiger partial charge < -0.3 is 5.11 Å². The zero-order valence-corrected chi connectivity index (χ0v) is 21.4. The minimum absolute atomic E-state index is 0.148. The van der Waals surface area contributed by atoms with E-state index in [-0.39, 0.29) is 17.4 Å². The van der Waals surface area contributed by atoms with E-state index in [1.807, 2.05) is 24.4 Å². The molecule has 1 aromatic heterocycles. The molecule has 0 bridgehead atoms. The third kappa shape index (κ3) is 6.81. The van der Waals surface area contributed by atoms with Crippen molar-refractivity contribution in [2.45, 2.75) is 55.9 Å². The molecule has 188 valence electrons. The number of aliphatic carboxylic acids is 1. The lowest BCUT2D eigenvalue weighted by molar-refractivity contribution is -0.137. The van der Waals surface area contributed by atoms with Gasteiger partial charge in [0.25, 0.3) is 0 Å². The first-order valence-corrected chi connectivity index (χ1v) is 13.9. The second kappa shape index (κ2) is 11.8. The highest BCUT2D eigenvalue weighted by molar-refractivity contribution is 7.89. The Morgan fingerprint density at radius 2 is 1.97 bits per heavy atom. The summed E-state index contributed by atoms with van der Waals surface area (Å²) in [6.07, 6.45) is 12.0. The largest absolute Gasteiger partial charge is 0.481 e. The molecule has 2 aromatic carbocycles. The van der Waals surface area contributed by atoms with Crippen molar-refractivity contribution in [3.8, 4) is 0 Å². The lowest BCUT2D eigenvalue weighted by Crippen LogP contribution is -2.39. The van der Waals surface area contributed by atoms with Crippen LogP contribution in [-0.4, -0.2) is 30.5 Å². The summed E-state index contributed by atoms with van der Waals surface area (Å²) in [6.45, 7) is 0. The van der Waals surface area contributed by atoms with Gasteiger partial charge in [-0.3, -0.25) is 9.78 Å². The van der Waals surface area contributed by atoms with Gasteiger partial charge in [-0.15, -0.1) is 0 Å². The van der Waals surface area contributed by atoms with Crippen LogP contribution in [0, 0.1) is 0 Å². The van der Waals surface area contributed by atoms with Gasteiger partial charge in [-0.05, 0) is 96.7 Å². The number of rotatable bonds is 10. The quantitative estimate of drug-likeness (QED) is 0.345. The van der Waals surface area contributed by atoms with Gasteiger partial charge in [0.2, 0.25) is 10.0 Å². The molecule has 0 fully saturated rings. The van der Waals surface area contributed by atoms with Gasteiger partial charge in [-0.25, -0.2) is 13.1 Å². The molecule has 1 aliphatic rings. The maximum absolute atomic E-state index is 12.9. The topological polar surface area (TPSA) is 96.4 Å². The van der Waals surface area contributed by atoms with Crippen LogP contribution in [0.3, 0.4) is 0 Å². The molecule has 0 saturated carbocycles. The summed E-state index contributed by atoms with van der Waals surface area (Å²) >= 11 is 5.91. The van der Waals surface area contributed by atoms with Crippen molar-refractivity contribution in [3.63, 3.8) is 0 Å². The smallest absolute Gasteiger partial charge is 0.303 e. The van der Waals surface area contributed by atoms with Crippen molar-refractivity contribution in [1.29, 1.82) is 0 Å². The second-order valence-corrected chi connectivity index (χ2v) is 11.2. The van der Waals surface area contributed by atoms with Crippen molar-refractivity contribution in [2.75, 3.05) is 0 Å². The SMILES string of the molecule is O=C(O)CCC/C=C/c1c(Cc2cccnc2)ccc2c1CCC(NS(=O)(=O)c1ccc(Cl)cc1)C2. The van der Waals surface area contributed by atoms with E-state index >= 15 is 0 Å². The Morgan fingerprint density at radius 1 is 1.17 bits per heavy atom. The highest BCUT2D eigenvalue weighted by atomic mass is 35.5. The number of unbranched alkanes of at least 4 members (excludes halogenated alkanes) is 1. The summed E-state index contributed by atoms with van der Waals surface area (Å²) < 4.78 is 28.6. The Hall–Kier alpha value is -3.00. The van der Waals surface area contributed by atoms with Crippen molar-refractivity contribution in [1.82, 2.24) is 9.71 Å². The molecule has 0 radical (unpaired) electrons. The summed E-state index contributed by atoms with van der Waals surface area (Å²) in [7, 11) is -3.64. The Balaban J connectivity index is 1.56. The summed E-state index contributed by atoms with van der Waals surface area (Å²) in [5, 5.41) is 9.39. The van der Waals surface area contributed by atoms with Gasteiger partial charge in [0.15, 0.2) is 0 Å². The van der Waals surface area contributed by atoms with Crippen molar-refractivity contribution in [3.05, 3.63) is 99.8 Å². The van der Waals surface area contributed by atoms with E-state index in [1.54, 1.807) is 18.3 Å². The number of allylic oxidation sites excluding steroid dienone is 1. The maximum Gasteiger partial charge on any atom is 0.303 e. The fourth-order valence-electron chi connectivity index (χ4n) is 4.59. The number of pyridine rings is 1. The average molecular weight is 525 g/mol. The van der Waals surface area contributed by atoms with Crippen LogP contribution in [0.4, 0.5) is 0 Å². The highest BCUT2D eigenvalue weighted by Crippen LogP contribution is 2.30. The second-order valence-electron chi connectivity index (χ2n) is 9.02. The summed E-state index contributed by atoms with van der Waals surface area (Å²) in [5.41, 5.74) is 5.79. The number of benzene rings is 2. The maximum atomic E-state index is 12.9. The van der Waals surface area contributed by atoms with Crippen molar-refractivity contribution < 1.29 is 18.3 Å². The van der Waals surface area contributed by atoms with Crippen molar-refractivity contribution in [2.24, 2.45) is 0 Å². The Bertz CT molecular complexity index is 1340. The third-order valence-corrected chi connectivity index (χ3v) is 8.15. The number of nitrogens with zero attached hydrogens (tertiary/aromatic N) is 1. The van der Waals surface area contributed by atoms with E-state index in [0.29, 0.717) is 30.7 Å². The molecule has 1 unspecified atom stereocenters. The lowest BCUT2D eigenvalue weighted by Gasteiger charge is -2.28. The fourth-order valence-corrected chi connectivity index (χ4v) is 5.99. The van der Waals surface area contributed by atoms with Gasteiger partial charge in [0.1, 0.15) is 0 Å². The molecule has 0 spiro atoms. The van der Waals surface area contributed by atoms with E-state index in [1.165, 1.54) is 23.3 Å². The molecule has 0 amide bonds. The summed E-state index contributed by atoms with van der Waals surface area (Å²) in [6, 6.07) is 14.2. The van der Waals surface area contributed by atoms with Crippen LogP contribution in [0.2, 0.25) is 5.02 Å². The zero-order valence-electron chi connectivity index (χ0n) is 19.9. The summed E-state index contributed by atoms with van der Waals surface area (Å²) in [5.74, 6) is -0.787. The van der Waals surface area contributed by atoms with Crippen LogP contribution >= 0.6 is 11.6 Å². The number of hydrogen-bond donors (Lipinski definition) is 2. The molecule has 36 heavy (non-hydrogen) atoms. The number of hydrogen-bond acceptors (Lipinski definition) is 4. The molecule has 1 atom stereocenters. The number of halogens is 1. The predicted octanol–water partition coefficient (Wildman–Crippen LogP) is 5.43. The lowest BCUT2D eigenvalue weighted by atomic mass is 9.82. The molecular formula is C28H29ClN2O4S. The molecule has 8 heteroatoms. The third-order valence-electron chi connectivity index (χ3n) is 6.36. The van der Waals surface area contributed by atoms with Crippen LogP contribution in [0.5, 0.6) is 0 Å². The molecule has 1 heterocycles. The number of carboxylic acid groups (broad SMARTS) is 1. The van der Waals surface area contributed by atoms with Crippen LogP contribution in [0.25, 0.3) is 6.08 Å². The summed E-state index contributed by atoms with van der Waals surface area (Å²) in [4.78, 5) is 15.3. The van der Waals surface area contributed by atoms with Crippen LogP contribution in [0.15, 0.2) is 71.9 Å². The predicted molar refractivity (Wildman–Crippen MR) is 142 cm³/mol. The molecule has 3 aromatic rings. The molecule has 6 nitrogen and oxygen atoms in total. The normalized spacial score (nSPS) is 15.6. The monoisotopic (exact) mass is 524 g/mol. The minimum atomic E-state index is -3.64. The van der Waals surface area contributed by atoms with E-state index in [0.717, 1.165) is 29.5 Å². The number of aromatic nitrogens is 1. The highest BCUT2D eigenvalue weighted by Gasteiger charge is 2.26. The molecule has 1 aliphatic carbocycles.